The van der Waals surface area contributed by atoms with Gasteiger partial charge < -0.3 is 9.47 Å². The predicted molar refractivity (Wildman–Crippen MR) is 177 cm³/mol. The number of ether oxygens (including phenoxy) is 2. The van der Waals surface area contributed by atoms with Crippen molar-refractivity contribution >= 4 is 33.6 Å². The number of carbonyl (C=O) groups is 1. The van der Waals surface area contributed by atoms with Crippen LogP contribution in [0.2, 0.25) is 0 Å². The van der Waals surface area contributed by atoms with Crippen molar-refractivity contribution in [2.75, 3.05) is 0 Å². The number of fused-ring (bicyclic) bond motifs is 1. The summed E-state index contributed by atoms with van der Waals surface area (Å²) in [5.74, 6) is -1.30. The van der Waals surface area contributed by atoms with Crippen LogP contribution in [0.25, 0.3) is 26.1 Å². The fourth-order valence-corrected chi connectivity index (χ4v) is 6.51. The van der Waals surface area contributed by atoms with Gasteiger partial charge in [0.25, 0.3) is 5.56 Å². The smallest absolute Gasteiger partial charge is 0.333 e. The highest BCUT2D eigenvalue weighted by atomic mass is 32.1. The molecule has 13 heteroatoms. The number of carbonyl (C=O) groups excluding carboxylic acids is 1. The van der Waals surface area contributed by atoms with Gasteiger partial charge in [-0.3, -0.25) is 9.36 Å². The Labute approximate surface area is 273 Å². The summed E-state index contributed by atoms with van der Waals surface area (Å²) in [6.07, 6.45) is 4.54. The first-order chi connectivity index (χ1) is 22.4. The topological polar surface area (TPSA) is 115 Å². The van der Waals surface area contributed by atoms with Crippen molar-refractivity contribution < 1.29 is 18.7 Å². The minimum atomic E-state index is -1.73. The average molecular weight is 657 g/mol. The molecule has 0 spiro atoms. The number of thiophene rings is 1. The molecule has 3 aromatic heterocycles. The fourth-order valence-electron chi connectivity index (χ4n) is 5.29. The number of hydrogen-bond acceptors (Lipinski definition) is 8. The van der Waals surface area contributed by atoms with Crippen molar-refractivity contribution in [3.05, 3.63) is 127 Å². The maximum Gasteiger partial charge on any atom is 0.333 e. The van der Waals surface area contributed by atoms with Crippen LogP contribution in [0.1, 0.15) is 56.1 Å². The largest absolute Gasteiger partial charge is 0.459 e. The maximum atomic E-state index is 14.7. The van der Waals surface area contributed by atoms with Crippen molar-refractivity contribution in [1.82, 2.24) is 24.1 Å². The van der Waals surface area contributed by atoms with Crippen molar-refractivity contribution in [2.24, 2.45) is 0 Å². The molecule has 1 unspecified atom stereocenters. The number of hydrogen-bond donors (Lipinski definition) is 0. The number of nitrogens with zero attached hydrogens (tertiary/aromatic N) is 6. The summed E-state index contributed by atoms with van der Waals surface area (Å²) in [6, 6.07) is 13.2. The van der Waals surface area contributed by atoms with Gasteiger partial charge in [-0.05, 0) is 63.4 Å². The van der Waals surface area contributed by atoms with Gasteiger partial charge in [0.05, 0.1) is 37.0 Å². The number of halogens is 1. The molecule has 2 aromatic carbocycles. The minimum Gasteiger partial charge on any atom is -0.459 e. The average Bonchev–Trinajstić information content (AvgIpc) is 3.69. The first-order valence-corrected chi connectivity index (χ1v) is 15.6. The van der Waals surface area contributed by atoms with E-state index in [0.717, 1.165) is 21.5 Å². The van der Waals surface area contributed by atoms with Crippen LogP contribution in [-0.4, -0.2) is 36.2 Å². The Morgan fingerprint density at radius 2 is 1.83 bits per heavy atom. The lowest BCUT2D eigenvalue weighted by Crippen LogP contribution is -2.53. The minimum absolute atomic E-state index is 0.0499. The summed E-state index contributed by atoms with van der Waals surface area (Å²) >= 11 is 1.14. The summed E-state index contributed by atoms with van der Waals surface area (Å²) in [4.78, 5) is 47.3. The Kier molecular flexibility index (Phi) is 9.64. The van der Waals surface area contributed by atoms with Crippen LogP contribution in [-0.2, 0) is 33.0 Å². The first-order valence-electron chi connectivity index (χ1n) is 14.8. The monoisotopic (exact) mass is 656 g/mol. The zero-order valence-corrected chi connectivity index (χ0v) is 27.3. The van der Waals surface area contributed by atoms with E-state index in [1.165, 1.54) is 60.0 Å². The lowest BCUT2D eigenvalue weighted by atomic mass is 10.0. The van der Waals surface area contributed by atoms with E-state index < -0.39 is 34.7 Å². The van der Waals surface area contributed by atoms with E-state index in [9.17, 15) is 18.8 Å². The highest BCUT2D eigenvalue weighted by Gasteiger charge is 2.37. The van der Waals surface area contributed by atoms with E-state index >= 15 is 0 Å². The van der Waals surface area contributed by atoms with Gasteiger partial charge in [0.2, 0.25) is 0 Å². The molecular formula is C34H33FN6O5S. The summed E-state index contributed by atoms with van der Waals surface area (Å²) in [5, 5.41) is 9.14. The van der Waals surface area contributed by atoms with Crippen molar-refractivity contribution in [3.63, 3.8) is 0 Å². The molecule has 0 bridgehead atoms. The standard InChI is InChI=1S/C34H33FN6O5S/c1-21(2)46-27(26-18-25(35)13-12-24(26)14-15-36-6)19-39-31-28(22(3)30(47-31)41-37-16-17-38-41)29(42)40(33(39)44)34(4,5)32(43)45-20-23-10-8-7-9-11-23/h7-18,21,27H,19-20H2,1-5H3/b15-14+. The summed E-state index contributed by atoms with van der Waals surface area (Å²) in [5.41, 5.74) is -1.00. The number of aromatic nitrogens is 5. The molecule has 0 aliphatic heterocycles. The lowest BCUT2D eigenvalue weighted by molar-refractivity contribution is -0.154. The second-order valence-electron chi connectivity index (χ2n) is 11.6. The van der Waals surface area contributed by atoms with Crippen LogP contribution in [0.5, 0.6) is 0 Å². The van der Waals surface area contributed by atoms with Crippen LogP contribution >= 0.6 is 11.3 Å². The molecule has 0 fully saturated rings. The van der Waals surface area contributed by atoms with Crippen molar-refractivity contribution in [3.8, 4) is 5.00 Å². The Balaban J connectivity index is 1.73. The van der Waals surface area contributed by atoms with Crippen molar-refractivity contribution in [2.45, 2.75) is 65.5 Å². The zero-order valence-electron chi connectivity index (χ0n) is 26.5. The third-order valence-electron chi connectivity index (χ3n) is 7.57. The molecule has 3 heterocycles. The third kappa shape index (κ3) is 6.70. The molecule has 5 aromatic rings. The molecule has 0 N–H and O–H groups in total. The van der Waals surface area contributed by atoms with Crippen LogP contribution in [0.15, 0.2) is 76.7 Å². The van der Waals surface area contributed by atoms with Gasteiger partial charge in [0.15, 0.2) is 6.20 Å². The summed E-state index contributed by atoms with van der Waals surface area (Å²) in [7, 11) is 0. The molecule has 5 rings (SSSR count). The molecule has 0 amide bonds. The first kappa shape index (κ1) is 33.2. The lowest BCUT2D eigenvalue weighted by Gasteiger charge is -2.28. The molecule has 0 aliphatic rings. The van der Waals surface area contributed by atoms with Gasteiger partial charge >= 0.3 is 11.7 Å². The van der Waals surface area contributed by atoms with Crippen LogP contribution in [0.4, 0.5) is 4.39 Å². The predicted octanol–water partition coefficient (Wildman–Crippen LogP) is 5.79. The summed E-state index contributed by atoms with van der Waals surface area (Å²) < 4.78 is 28.8. The van der Waals surface area contributed by atoms with Crippen molar-refractivity contribution in [1.29, 1.82) is 0 Å². The van der Waals surface area contributed by atoms with Gasteiger partial charge in [0, 0.05) is 5.56 Å². The Hall–Kier alpha value is -5.19. The molecule has 11 nitrogen and oxygen atoms in total. The highest BCUT2D eigenvalue weighted by molar-refractivity contribution is 7.21. The zero-order chi connectivity index (χ0) is 33.9. The van der Waals surface area contributed by atoms with E-state index in [1.807, 2.05) is 32.0 Å². The molecule has 0 aliphatic carbocycles. The SMILES string of the molecule is [C-]#[N+]/C=C/c1ccc(F)cc1C(Cn1c(=O)n(C(C)(C)C(=O)OCc2ccccc2)c(=O)c2c(C)c(-n3nccn3)sc21)OC(C)C. The third-order valence-corrected chi connectivity index (χ3v) is 8.85. The highest BCUT2D eigenvalue weighted by Crippen LogP contribution is 2.33. The molecule has 0 saturated heterocycles. The van der Waals surface area contributed by atoms with Gasteiger partial charge in [-0.25, -0.2) is 23.4 Å². The van der Waals surface area contributed by atoms with E-state index in [-0.39, 0.29) is 24.6 Å². The van der Waals surface area contributed by atoms with E-state index in [4.69, 9.17) is 16.0 Å². The van der Waals surface area contributed by atoms with Gasteiger partial charge in [0.1, 0.15) is 33.9 Å². The molecule has 0 saturated carbocycles. The van der Waals surface area contributed by atoms with E-state index in [2.05, 4.69) is 15.0 Å². The second-order valence-corrected chi connectivity index (χ2v) is 12.6. The van der Waals surface area contributed by atoms with Gasteiger partial charge in [-0.1, -0.05) is 53.8 Å². The summed E-state index contributed by atoms with van der Waals surface area (Å²) in [6.45, 7) is 15.2. The Bertz CT molecular complexity index is 2110. The van der Waals surface area contributed by atoms with Crippen LogP contribution in [0, 0.1) is 19.3 Å². The molecule has 0 radical (unpaired) electrons. The Morgan fingerprint density at radius 3 is 2.49 bits per heavy atom. The molecule has 1 atom stereocenters. The molecule has 47 heavy (non-hydrogen) atoms. The number of rotatable bonds is 11. The Morgan fingerprint density at radius 1 is 1.13 bits per heavy atom. The second kappa shape index (κ2) is 13.7. The van der Waals surface area contributed by atoms with Crippen LogP contribution in [0.3, 0.4) is 0 Å². The normalized spacial score (nSPS) is 12.6. The fraction of sp³-hybridized carbons (Fsp3) is 0.294. The maximum absolute atomic E-state index is 14.7. The van der Waals surface area contributed by atoms with Gasteiger partial charge in [-0.2, -0.15) is 10.2 Å². The number of benzene rings is 2. The number of esters is 1. The quantitative estimate of drug-likeness (QED) is 0.131. The van der Waals surface area contributed by atoms with Crippen LogP contribution < -0.4 is 11.2 Å². The number of aryl methyl sites for hydroxylation is 1. The van der Waals surface area contributed by atoms with Gasteiger partial charge in [-0.15, -0.1) is 4.80 Å². The van der Waals surface area contributed by atoms with E-state index in [0.29, 0.717) is 26.5 Å². The molecule has 242 valence electrons. The molecular weight excluding hydrogens is 623 g/mol. The van der Waals surface area contributed by atoms with E-state index in [1.54, 1.807) is 25.1 Å².